The van der Waals surface area contributed by atoms with Crippen LogP contribution >= 0.6 is 0 Å². The van der Waals surface area contributed by atoms with Crippen LogP contribution in [0.3, 0.4) is 0 Å². The van der Waals surface area contributed by atoms with Gasteiger partial charge in [0.15, 0.2) is 0 Å². The van der Waals surface area contributed by atoms with Crippen LogP contribution in [0, 0.1) is 0 Å². The van der Waals surface area contributed by atoms with E-state index in [2.05, 4.69) is 14.9 Å². The first kappa shape index (κ1) is 12.1. The Morgan fingerprint density at radius 2 is 2.21 bits per heavy atom. The van der Waals surface area contributed by atoms with E-state index >= 15 is 0 Å². The number of hydrogen-bond acceptors (Lipinski definition) is 5. The fraction of sp³-hybridized carbons (Fsp3) is 0.231. The molecule has 5 nitrogen and oxygen atoms in total. The molecule has 3 rings (SSSR count). The number of aromatic nitrogens is 2. The lowest BCUT2D eigenvalue weighted by atomic mass is 10.2. The Balaban J connectivity index is 2.01. The number of nitrogens with two attached hydrogens (primary N) is 1. The van der Waals surface area contributed by atoms with Crippen molar-refractivity contribution in [1.29, 1.82) is 0 Å². The first-order chi connectivity index (χ1) is 9.15. The van der Waals surface area contributed by atoms with E-state index in [1.54, 1.807) is 12.5 Å². The maximum absolute atomic E-state index is 11.5. The van der Waals surface area contributed by atoms with Crippen molar-refractivity contribution in [3.8, 4) is 0 Å². The third-order valence-electron chi connectivity index (χ3n) is 3.21. The van der Waals surface area contributed by atoms with Gasteiger partial charge in [0.25, 0.3) is 0 Å². The molecule has 0 radical (unpaired) electrons. The van der Waals surface area contributed by atoms with Gasteiger partial charge in [-0.3, -0.25) is 4.21 Å². The number of anilines is 3. The first-order valence-corrected chi connectivity index (χ1v) is 7.53. The van der Waals surface area contributed by atoms with Gasteiger partial charge in [0.2, 0.25) is 5.95 Å². The Labute approximate surface area is 113 Å². The molecule has 2 N–H and O–H groups in total. The number of benzene rings is 1. The van der Waals surface area contributed by atoms with Crippen LogP contribution in [0.2, 0.25) is 0 Å². The maximum Gasteiger partial charge on any atom is 0.221 e. The summed E-state index contributed by atoms with van der Waals surface area (Å²) >= 11 is 0. The van der Waals surface area contributed by atoms with Gasteiger partial charge in [0, 0.05) is 40.4 Å². The van der Waals surface area contributed by atoms with Crippen LogP contribution in [0.1, 0.15) is 5.56 Å². The SMILES string of the molecule is CS(=O)c1ccc2c(c1)CCN2c1ccnc(N)n1. The second kappa shape index (κ2) is 4.62. The average Bonchev–Trinajstić information content (AvgIpc) is 2.81. The number of nitrogens with zero attached hydrogens (tertiary/aromatic N) is 3. The highest BCUT2D eigenvalue weighted by molar-refractivity contribution is 7.84. The highest BCUT2D eigenvalue weighted by atomic mass is 32.2. The van der Waals surface area contributed by atoms with E-state index in [1.807, 2.05) is 24.3 Å². The van der Waals surface area contributed by atoms with Crippen LogP contribution in [0.25, 0.3) is 0 Å². The van der Waals surface area contributed by atoms with E-state index in [9.17, 15) is 4.21 Å². The Kier molecular flexibility index (Phi) is 2.94. The van der Waals surface area contributed by atoms with Gasteiger partial charge >= 0.3 is 0 Å². The molecule has 0 fully saturated rings. The molecule has 1 aromatic carbocycles. The Hall–Kier alpha value is -1.95. The molecule has 0 amide bonds. The summed E-state index contributed by atoms with van der Waals surface area (Å²) in [4.78, 5) is 11.1. The molecule has 1 aromatic heterocycles. The van der Waals surface area contributed by atoms with Crippen LogP contribution in [0.15, 0.2) is 35.4 Å². The van der Waals surface area contributed by atoms with Crippen LogP contribution in [-0.4, -0.2) is 27.0 Å². The Morgan fingerprint density at radius 1 is 1.37 bits per heavy atom. The van der Waals surface area contributed by atoms with Gasteiger partial charge in [-0.25, -0.2) is 4.98 Å². The molecular weight excluding hydrogens is 260 g/mol. The molecule has 1 aliphatic rings. The summed E-state index contributed by atoms with van der Waals surface area (Å²) in [5.41, 5.74) is 7.92. The summed E-state index contributed by atoms with van der Waals surface area (Å²) in [7, 11) is -0.945. The second-order valence-corrected chi connectivity index (χ2v) is 5.80. The van der Waals surface area contributed by atoms with Crippen molar-refractivity contribution in [3.05, 3.63) is 36.0 Å². The summed E-state index contributed by atoms with van der Waals surface area (Å²) in [5.74, 6) is 1.08. The quantitative estimate of drug-likeness (QED) is 0.898. The van der Waals surface area contributed by atoms with Crippen molar-refractivity contribution >= 4 is 28.3 Å². The van der Waals surface area contributed by atoms with Crippen molar-refractivity contribution in [3.63, 3.8) is 0 Å². The predicted octanol–water partition coefficient (Wildman–Crippen LogP) is 1.49. The molecule has 0 bridgehead atoms. The summed E-state index contributed by atoms with van der Waals surface area (Å²) in [6.07, 6.45) is 4.27. The van der Waals surface area contributed by atoms with E-state index in [0.29, 0.717) is 0 Å². The molecule has 1 unspecified atom stereocenters. The first-order valence-electron chi connectivity index (χ1n) is 5.97. The smallest absolute Gasteiger partial charge is 0.221 e. The van der Waals surface area contributed by atoms with Crippen molar-refractivity contribution in [2.45, 2.75) is 11.3 Å². The number of fused-ring (bicyclic) bond motifs is 1. The lowest BCUT2D eigenvalue weighted by molar-refractivity contribution is 0.686. The standard InChI is InChI=1S/C13H14N4OS/c1-19(18)10-2-3-11-9(8-10)5-7-17(11)12-4-6-15-13(14)16-12/h2-4,6,8H,5,7H2,1H3,(H2,14,15,16). The monoisotopic (exact) mass is 274 g/mol. The zero-order chi connectivity index (χ0) is 13.4. The highest BCUT2D eigenvalue weighted by Gasteiger charge is 2.22. The summed E-state index contributed by atoms with van der Waals surface area (Å²) in [6.45, 7) is 0.853. The maximum atomic E-state index is 11.5. The van der Waals surface area contributed by atoms with Gasteiger partial charge < -0.3 is 10.6 Å². The van der Waals surface area contributed by atoms with Crippen molar-refractivity contribution in [2.75, 3.05) is 23.4 Å². The highest BCUT2D eigenvalue weighted by Crippen LogP contribution is 2.34. The molecule has 1 atom stereocenters. The molecule has 19 heavy (non-hydrogen) atoms. The van der Waals surface area contributed by atoms with E-state index in [-0.39, 0.29) is 5.95 Å². The molecule has 6 heteroatoms. The molecule has 0 aliphatic carbocycles. The van der Waals surface area contributed by atoms with Crippen LogP contribution in [0.4, 0.5) is 17.5 Å². The minimum Gasteiger partial charge on any atom is -0.368 e. The third kappa shape index (κ3) is 2.19. The average molecular weight is 274 g/mol. The molecular formula is C13H14N4OS. The Bertz CT molecular complexity index is 659. The molecule has 2 aromatic rings. The van der Waals surface area contributed by atoms with E-state index in [1.165, 1.54) is 5.56 Å². The molecule has 0 saturated heterocycles. The van der Waals surface area contributed by atoms with E-state index in [0.717, 1.165) is 29.4 Å². The lowest BCUT2D eigenvalue weighted by Crippen LogP contribution is -2.15. The summed E-state index contributed by atoms with van der Waals surface area (Å²) in [5, 5.41) is 0. The topological polar surface area (TPSA) is 72.1 Å². The van der Waals surface area contributed by atoms with Crippen molar-refractivity contribution < 1.29 is 4.21 Å². The predicted molar refractivity (Wildman–Crippen MR) is 75.9 cm³/mol. The largest absolute Gasteiger partial charge is 0.368 e. The summed E-state index contributed by atoms with van der Waals surface area (Å²) in [6, 6.07) is 7.75. The lowest BCUT2D eigenvalue weighted by Gasteiger charge is -2.18. The fourth-order valence-electron chi connectivity index (χ4n) is 2.31. The number of hydrogen-bond donors (Lipinski definition) is 1. The minimum absolute atomic E-state index is 0.275. The van der Waals surface area contributed by atoms with Crippen LogP contribution in [0.5, 0.6) is 0 Å². The van der Waals surface area contributed by atoms with Crippen molar-refractivity contribution in [2.24, 2.45) is 0 Å². The molecule has 1 aliphatic heterocycles. The van der Waals surface area contributed by atoms with Crippen LogP contribution < -0.4 is 10.6 Å². The second-order valence-electron chi connectivity index (χ2n) is 4.42. The Morgan fingerprint density at radius 3 is 2.95 bits per heavy atom. The van der Waals surface area contributed by atoms with Crippen LogP contribution in [-0.2, 0) is 17.2 Å². The van der Waals surface area contributed by atoms with Crippen molar-refractivity contribution in [1.82, 2.24) is 9.97 Å². The van der Waals surface area contributed by atoms with Gasteiger partial charge in [-0.2, -0.15) is 4.98 Å². The van der Waals surface area contributed by atoms with Gasteiger partial charge in [-0.1, -0.05) is 0 Å². The number of rotatable bonds is 2. The summed E-state index contributed by atoms with van der Waals surface area (Å²) < 4.78 is 11.5. The van der Waals surface area contributed by atoms with Gasteiger partial charge in [-0.05, 0) is 36.2 Å². The molecule has 2 heterocycles. The normalized spacial score (nSPS) is 15.3. The molecule has 98 valence electrons. The minimum atomic E-state index is -0.945. The van der Waals surface area contributed by atoms with E-state index < -0.39 is 10.8 Å². The van der Waals surface area contributed by atoms with Gasteiger partial charge in [0.05, 0.1) is 0 Å². The van der Waals surface area contributed by atoms with Gasteiger partial charge in [0.1, 0.15) is 5.82 Å². The fourth-order valence-corrected chi connectivity index (χ4v) is 2.88. The molecule has 0 saturated carbocycles. The zero-order valence-electron chi connectivity index (χ0n) is 10.5. The molecule has 0 spiro atoms. The third-order valence-corrected chi connectivity index (χ3v) is 4.13. The zero-order valence-corrected chi connectivity index (χ0v) is 11.4. The van der Waals surface area contributed by atoms with E-state index in [4.69, 9.17) is 5.73 Å². The van der Waals surface area contributed by atoms with Gasteiger partial charge in [-0.15, -0.1) is 0 Å². The number of nitrogen functional groups attached to an aromatic ring is 1.